The Morgan fingerprint density at radius 3 is 2.78 bits per heavy atom. The summed E-state index contributed by atoms with van der Waals surface area (Å²) < 4.78 is 11.4. The van der Waals surface area contributed by atoms with Gasteiger partial charge in [0.25, 0.3) is 0 Å². The van der Waals surface area contributed by atoms with E-state index < -0.39 is 0 Å². The van der Waals surface area contributed by atoms with Gasteiger partial charge in [-0.15, -0.1) is 11.3 Å². The van der Waals surface area contributed by atoms with Gasteiger partial charge in [-0.3, -0.25) is 4.90 Å². The first-order chi connectivity index (χ1) is 13.2. The van der Waals surface area contributed by atoms with E-state index >= 15 is 0 Å². The Bertz CT molecular complexity index is 891. The molecule has 0 saturated carbocycles. The van der Waals surface area contributed by atoms with E-state index in [9.17, 15) is 5.11 Å². The minimum Gasteiger partial charge on any atom is -0.504 e. The first-order valence-electron chi connectivity index (χ1n) is 9.19. The molecule has 2 aromatic carbocycles. The van der Waals surface area contributed by atoms with Crippen LogP contribution in [0, 0.1) is 0 Å². The van der Waals surface area contributed by atoms with Crippen molar-refractivity contribution in [3.63, 3.8) is 0 Å². The van der Waals surface area contributed by atoms with Crippen LogP contribution in [-0.2, 0) is 13.1 Å². The molecular weight excluding hydrogens is 358 g/mol. The van der Waals surface area contributed by atoms with Crippen molar-refractivity contribution in [3.05, 3.63) is 65.0 Å². The lowest BCUT2D eigenvalue weighted by Gasteiger charge is -2.20. The summed E-state index contributed by atoms with van der Waals surface area (Å²) in [6.07, 6.45) is 0. The number of benzene rings is 2. The van der Waals surface area contributed by atoms with Crippen molar-refractivity contribution in [2.24, 2.45) is 0 Å². The third-order valence-electron chi connectivity index (χ3n) is 4.64. The average molecular weight is 381 g/mol. The first-order valence-corrected chi connectivity index (χ1v) is 10.1. The lowest BCUT2D eigenvalue weighted by Crippen LogP contribution is -2.25. The number of rotatable bonds is 5. The van der Waals surface area contributed by atoms with E-state index in [1.807, 2.05) is 30.5 Å². The summed E-state index contributed by atoms with van der Waals surface area (Å²) in [5.74, 6) is 1.74. The molecule has 1 N–H and O–H groups in total. The van der Waals surface area contributed by atoms with E-state index in [0.717, 1.165) is 41.4 Å². The molecule has 0 bridgehead atoms. The molecule has 0 atom stereocenters. The predicted octanol–water partition coefficient (Wildman–Crippen LogP) is 4.91. The van der Waals surface area contributed by atoms with Gasteiger partial charge in [-0.25, -0.2) is 0 Å². The number of phenolic OH excluding ortho intramolecular Hbond substituents is 1. The summed E-state index contributed by atoms with van der Waals surface area (Å²) in [5, 5.41) is 12.5. The van der Waals surface area contributed by atoms with Crippen LogP contribution in [0.2, 0.25) is 0 Å². The van der Waals surface area contributed by atoms with Gasteiger partial charge in [-0.05, 0) is 53.8 Å². The van der Waals surface area contributed by atoms with Crippen LogP contribution >= 0.6 is 11.3 Å². The van der Waals surface area contributed by atoms with Gasteiger partial charge in [0.1, 0.15) is 12.4 Å². The largest absolute Gasteiger partial charge is 0.504 e. The predicted molar refractivity (Wildman–Crippen MR) is 109 cm³/mol. The minimum atomic E-state index is 0.221. The highest BCUT2D eigenvalue weighted by atomic mass is 32.1. The number of ether oxygens (including phenoxy) is 2. The van der Waals surface area contributed by atoms with Gasteiger partial charge in [0, 0.05) is 30.1 Å². The molecule has 4 nitrogen and oxygen atoms in total. The van der Waals surface area contributed by atoms with Crippen LogP contribution in [0.15, 0.2) is 53.9 Å². The Hall–Kier alpha value is -2.50. The van der Waals surface area contributed by atoms with Crippen LogP contribution in [0.4, 0.5) is 0 Å². The summed E-state index contributed by atoms with van der Waals surface area (Å²) in [6, 6.07) is 16.3. The fourth-order valence-electron chi connectivity index (χ4n) is 3.39. The van der Waals surface area contributed by atoms with Crippen LogP contribution in [0.3, 0.4) is 0 Å². The molecule has 4 rings (SSSR count). The molecule has 3 aromatic rings. The smallest absolute Gasteiger partial charge is 0.165 e. The third kappa shape index (κ3) is 4.10. The molecule has 0 spiro atoms. The number of hydrogen-bond donors (Lipinski definition) is 1. The van der Waals surface area contributed by atoms with Gasteiger partial charge in [0.05, 0.1) is 6.61 Å². The van der Waals surface area contributed by atoms with E-state index in [1.165, 1.54) is 5.56 Å². The van der Waals surface area contributed by atoms with E-state index in [1.54, 1.807) is 17.4 Å². The van der Waals surface area contributed by atoms with Gasteiger partial charge in [-0.1, -0.05) is 18.2 Å². The summed E-state index contributed by atoms with van der Waals surface area (Å²) in [7, 11) is 0. The zero-order valence-electron chi connectivity index (χ0n) is 15.4. The molecule has 0 aliphatic carbocycles. The van der Waals surface area contributed by atoms with Crippen molar-refractivity contribution < 1.29 is 14.6 Å². The number of nitrogens with zero attached hydrogens (tertiary/aromatic N) is 1. The molecule has 1 aromatic heterocycles. The highest BCUT2D eigenvalue weighted by molar-refractivity contribution is 7.13. The Balaban J connectivity index is 1.55. The molecule has 2 heterocycles. The number of thiophene rings is 1. The van der Waals surface area contributed by atoms with Crippen molar-refractivity contribution in [2.75, 3.05) is 19.8 Å². The monoisotopic (exact) mass is 381 g/mol. The van der Waals surface area contributed by atoms with Crippen LogP contribution in [-0.4, -0.2) is 29.8 Å². The number of aromatic hydroxyl groups is 1. The Morgan fingerprint density at radius 2 is 2.04 bits per heavy atom. The zero-order valence-corrected chi connectivity index (χ0v) is 16.2. The molecule has 5 heteroatoms. The van der Waals surface area contributed by atoms with E-state index in [0.29, 0.717) is 19.0 Å². The van der Waals surface area contributed by atoms with Crippen LogP contribution in [0.25, 0.3) is 10.4 Å². The maximum absolute atomic E-state index is 10.5. The lowest BCUT2D eigenvalue weighted by molar-refractivity contribution is 0.217. The second kappa shape index (κ2) is 8.03. The molecule has 27 heavy (non-hydrogen) atoms. The SMILES string of the molecule is CCOc1ccc(CN2CCOc3c(O)cc(-c4cccs4)cc3C2)cc1. The molecule has 0 radical (unpaired) electrons. The van der Waals surface area contributed by atoms with E-state index in [4.69, 9.17) is 9.47 Å². The maximum Gasteiger partial charge on any atom is 0.165 e. The zero-order chi connectivity index (χ0) is 18.6. The van der Waals surface area contributed by atoms with Crippen molar-refractivity contribution in [2.45, 2.75) is 20.0 Å². The van der Waals surface area contributed by atoms with Gasteiger partial charge in [-0.2, -0.15) is 0 Å². The Kier molecular flexibility index (Phi) is 5.32. The van der Waals surface area contributed by atoms with E-state index in [2.05, 4.69) is 29.2 Å². The van der Waals surface area contributed by atoms with Crippen molar-refractivity contribution >= 4 is 11.3 Å². The Labute approximate surface area is 163 Å². The second-order valence-corrected chi connectivity index (χ2v) is 7.54. The molecule has 1 aliphatic heterocycles. The summed E-state index contributed by atoms with van der Waals surface area (Å²) in [6.45, 7) is 5.62. The number of fused-ring (bicyclic) bond motifs is 1. The number of hydrogen-bond acceptors (Lipinski definition) is 5. The lowest BCUT2D eigenvalue weighted by atomic mass is 10.1. The normalized spacial score (nSPS) is 14.3. The molecule has 0 amide bonds. The van der Waals surface area contributed by atoms with E-state index in [-0.39, 0.29) is 5.75 Å². The van der Waals surface area contributed by atoms with Crippen molar-refractivity contribution in [1.82, 2.24) is 4.90 Å². The quantitative estimate of drug-likeness (QED) is 0.682. The van der Waals surface area contributed by atoms with Crippen molar-refractivity contribution in [3.8, 4) is 27.7 Å². The summed E-state index contributed by atoms with van der Waals surface area (Å²) in [5.41, 5.74) is 3.30. The van der Waals surface area contributed by atoms with Gasteiger partial charge >= 0.3 is 0 Å². The fourth-order valence-corrected chi connectivity index (χ4v) is 4.10. The second-order valence-electron chi connectivity index (χ2n) is 6.60. The van der Waals surface area contributed by atoms with Gasteiger partial charge in [0.15, 0.2) is 11.5 Å². The Morgan fingerprint density at radius 1 is 1.19 bits per heavy atom. The molecule has 0 fully saturated rings. The molecule has 1 aliphatic rings. The highest BCUT2D eigenvalue weighted by Crippen LogP contribution is 2.38. The molecule has 0 saturated heterocycles. The van der Waals surface area contributed by atoms with Crippen LogP contribution in [0.5, 0.6) is 17.2 Å². The summed E-state index contributed by atoms with van der Waals surface area (Å²) in [4.78, 5) is 3.49. The molecule has 140 valence electrons. The molecule has 0 unspecified atom stereocenters. The topological polar surface area (TPSA) is 41.9 Å². The van der Waals surface area contributed by atoms with Gasteiger partial charge in [0.2, 0.25) is 0 Å². The fraction of sp³-hybridized carbons (Fsp3) is 0.273. The first kappa shape index (κ1) is 17.9. The number of phenols is 1. The third-order valence-corrected chi connectivity index (χ3v) is 5.56. The highest BCUT2D eigenvalue weighted by Gasteiger charge is 2.20. The summed E-state index contributed by atoms with van der Waals surface area (Å²) >= 11 is 1.67. The average Bonchev–Trinajstić information content (AvgIpc) is 3.12. The van der Waals surface area contributed by atoms with Crippen molar-refractivity contribution in [1.29, 1.82) is 0 Å². The van der Waals surface area contributed by atoms with Crippen LogP contribution < -0.4 is 9.47 Å². The minimum absolute atomic E-state index is 0.221. The molecular formula is C22H23NO3S. The van der Waals surface area contributed by atoms with Gasteiger partial charge < -0.3 is 14.6 Å². The maximum atomic E-state index is 10.5. The standard InChI is InChI=1S/C22H23NO3S/c1-2-25-19-7-5-16(6-8-19)14-23-9-10-26-22-18(15-23)12-17(13-20(22)24)21-4-3-11-27-21/h3-8,11-13,24H,2,9-10,14-15H2,1H3. The van der Waals surface area contributed by atoms with Crippen LogP contribution in [0.1, 0.15) is 18.1 Å².